The lowest BCUT2D eigenvalue weighted by Gasteiger charge is -2.35. The second-order valence-corrected chi connectivity index (χ2v) is 15.0. The van der Waals surface area contributed by atoms with Gasteiger partial charge in [0.25, 0.3) is 5.91 Å². The van der Waals surface area contributed by atoms with Gasteiger partial charge >= 0.3 is 6.09 Å². The van der Waals surface area contributed by atoms with Gasteiger partial charge < -0.3 is 35.2 Å². The number of alkyl carbamates (subject to hydrolysis) is 1. The van der Waals surface area contributed by atoms with Gasteiger partial charge in [-0.2, -0.15) is 0 Å². The van der Waals surface area contributed by atoms with E-state index in [-0.39, 0.29) is 25.0 Å². The number of ketones is 1. The number of nitrogens with one attached hydrogen (secondary N) is 3. The quantitative estimate of drug-likeness (QED) is 0.245. The summed E-state index contributed by atoms with van der Waals surface area (Å²) in [6, 6.07) is 0.809. The van der Waals surface area contributed by atoms with Crippen LogP contribution in [0, 0.1) is 25.2 Å². The smallest absolute Gasteiger partial charge is 0.408 e. The number of hydrogen-bond acceptors (Lipinski definition) is 9. The number of carbonyl (C=O) groups is 5. The molecule has 0 unspecified atom stereocenters. The number of carbonyl (C=O) groups excluding carboxylic acids is 5. The number of rotatable bonds is 14. The fourth-order valence-electron chi connectivity index (χ4n) is 6.81. The van der Waals surface area contributed by atoms with E-state index < -0.39 is 58.7 Å². The largest absolute Gasteiger partial charge is 0.493 e. The highest BCUT2D eigenvalue weighted by atomic mass is 16.7. The zero-order chi connectivity index (χ0) is 37.0. The minimum atomic E-state index is -1.07. The molecule has 4 atom stereocenters. The first-order chi connectivity index (χ1) is 23.6. The van der Waals surface area contributed by atoms with Crippen molar-refractivity contribution in [2.45, 2.75) is 130 Å². The van der Waals surface area contributed by atoms with Gasteiger partial charge in [-0.25, -0.2) is 4.79 Å². The van der Waals surface area contributed by atoms with Crippen LogP contribution in [-0.4, -0.2) is 90.2 Å². The van der Waals surface area contributed by atoms with E-state index in [2.05, 4.69) is 21.1 Å². The number of likely N-dealkylation sites (tertiary alicyclic amines) is 1. The fraction of sp³-hybridized carbons (Fsp3) is 0.676. The molecule has 0 aromatic heterocycles. The van der Waals surface area contributed by atoms with E-state index in [1.54, 1.807) is 0 Å². The maximum atomic E-state index is 14.5. The number of ether oxygens (including phenoxy) is 2. The molecule has 276 valence electrons. The van der Waals surface area contributed by atoms with Crippen LogP contribution in [0.3, 0.4) is 0 Å². The maximum Gasteiger partial charge on any atom is 0.408 e. The van der Waals surface area contributed by atoms with E-state index in [1.165, 1.54) is 11.9 Å². The molecule has 4 amide bonds. The lowest BCUT2D eigenvalue weighted by molar-refractivity contribution is -0.144. The van der Waals surface area contributed by atoms with Crippen molar-refractivity contribution >= 4 is 35.3 Å². The van der Waals surface area contributed by atoms with Gasteiger partial charge in [-0.1, -0.05) is 52.6 Å². The van der Waals surface area contributed by atoms with Crippen molar-refractivity contribution in [2.75, 3.05) is 20.2 Å². The summed E-state index contributed by atoms with van der Waals surface area (Å²) >= 11 is 0. The summed E-state index contributed by atoms with van der Waals surface area (Å²) in [6.07, 6.45) is 2.79. The summed E-state index contributed by atoms with van der Waals surface area (Å²) in [5, 5.41) is 12.4. The molecule has 0 radical (unpaired) electrons. The summed E-state index contributed by atoms with van der Waals surface area (Å²) in [5.74, 6) is -1.55. The molecular weight excluding hydrogens is 642 g/mol. The fourth-order valence-corrected chi connectivity index (χ4v) is 6.81. The molecule has 50 heavy (non-hydrogen) atoms. The van der Waals surface area contributed by atoms with Crippen LogP contribution in [0.4, 0.5) is 4.79 Å². The molecule has 1 aliphatic carbocycles. The van der Waals surface area contributed by atoms with Crippen molar-refractivity contribution in [3.05, 3.63) is 28.8 Å². The van der Waals surface area contributed by atoms with Crippen molar-refractivity contribution in [1.82, 2.24) is 20.9 Å². The van der Waals surface area contributed by atoms with E-state index >= 15 is 0 Å². The van der Waals surface area contributed by atoms with Gasteiger partial charge in [-0.05, 0) is 74.6 Å². The van der Waals surface area contributed by atoms with Crippen LogP contribution in [0.15, 0.2) is 17.3 Å². The van der Waals surface area contributed by atoms with E-state index in [0.717, 1.165) is 35.3 Å². The number of Topliss-reactive ketones (excluding diaryl/α,β-unsaturated/α-hetero) is 1. The first-order valence-electron chi connectivity index (χ1n) is 17.9. The predicted molar refractivity (Wildman–Crippen MR) is 188 cm³/mol. The Morgan fingerprint density at radius 3 is 2.22 bits per heavy atom. The first-order valence-corrected chi connectivity index (χ1v) is 17.9. The average molecular weight is 698 g/mol. The van der Waals surface area contributed by atoms with Crippen LogP contribution in [0.1, 0.15) is 103 Å². The first kappa shape index (κ1) is 38.6. The molecule has 1 aromatic carbocycles. The Bertz CT molecular complexity index is 1470. The third kappa shape index (κ3) is 8.95. The van der Waals surface area contributed by atoms with Crippen LogP contribution >= 0.6 is 0 Å². The third-order valence-corrected chi connectivity index (χ3v) is 9.82. The predicted octanol–water partition coefficient (Wildman–Crippen LogP) is 4.10. The molecule has 1 aromatic rings. The van der Waals surface area contributed by atoms with Gasteiger partial charge in [0.15, 0.2) is 5.60 Å². The molecule has 2 fully saturated rings. The lowest BCUT2D eigenvalue weighted by atomic mass is 9.85. The monoisotopic (exact) mass is 697 g/mol. The highest BCUT2D eigenvalue weighted by Crippen LogP contribution is 2.41. The molecule has 13 heteroatoms. The number of likely N-dealkylation sites (N-methyl/N-ethyl adjacent to an activating group) is 1. The number of nitrogens with zero attached hydrogens (tertiary/aromatic N) is 2. The van der Waals surface area contributed by atoms with Crippen molar-refractivity contribution < 1.29 is 38.3 Å². The van der Waals surface area contributed by atoms with Gasteiger partial charge in [0.05, 0.1) is 24.9 Å². The van der Waals surface area contributed by atoms with Crippen LogP contribution in [0.2, 0.25) is 0 Å². The van der Waals surface area contributed by atoms with Crippen LogP contribution < -0.4 is 20.7 Å². The van der Waals surface area contributed by atoms with Crippen LogP contribution in [0.25, 0.3) is 0 Å². The van der Waals surface area contributed by atoms with Gasteiger partial charge in [0.2, 0.25) is 17.6 Å². The Balaban J connectivity index is 1.65. The molecule has 0 bridgehead atoms. The lowest BCUT2D eigenvalue weighted by Crippen LogP contribution is -2.59. The number of hydrogen-bond donors (Lipinski definition) is 3. The Morgan fingerprint density at radius 2 is 1.68 bits per heavy atom. The molecular formula is C37H55N5O8. The van der Waals surface area contributed by atoms with Crippen LogP contribution in [0.5, 0.6) is 5.75 Å². The minimum Gasteiger partial charge on any atom is -0.493 e. The number of aryl methyl sites for hydroxylation is 2. The Labute approximate surface area is 295 Å². The van der Waals surface area contributed by atoms with E-state index in [4.69, 9.17) is 14.3 Å². The van der Waals surface area contributed by atoms with E-state index in [0.29, 0.717) is 38.0 Å². The van der Waals surface area contributed by atoms with E-state index in [9.17, 15) is 24.0 Å². The Hall–Kier alpha value is -4.16. The summed E-state index contributed by atoms with van der Waals surface area (Å²) in [6.45, 7) is 15.7. The number of benzene rings is 1. The summed E-state index contributed by atoms with van der Waals surface area (Å²) in [4.78, 5) is 74.7. The van der Waals surface area contributed by atoms with Gasteiger partial charge in [-0.3, -0.25) is 19.2 Å². The standard InChI is InChI=1S/C37H55N5O8/c1-10-25(11-2)49-35(47)40-31(36(6,7)8)34(46)42-20-37(18-27(41-50-37)24-15-21(4)30(48-12-3)22(5)16-24)19-28(42)32(44)39-26(17-23-13-14-23)29(43)33(45)38-9/h15-16,23,25-26,28,31H,10-14,17-20H2,1-9H3,(H,38,45)(H,39,44)(H,40,47)/t26-,28-,31+,37+/m0/s1. The minimum absolute atomic E-state index is 0.0124. The molecule has 1 saturated heterocycles. The summed E-state index contributed by atoms with van der Waals surface area (Å²) in [7, 11) is 1.37. The van der Waals surface area contributed by atoms with Crippen molar-refractivity contribution in [3.8, 4) is 5.75 Å². The summed E-state index contributed by atoms with van der Waals surface area (Å²) < 4.78 is 11.4. The molecule has 1 saturated carbocycles. The van der Waals surface area contributed by atoms with Gasteiger partial charge in [-0.15, -0.1) is 0 Å². The number of amides is 4. The normalized spacial score (nSPS) is 21.3. The average Bonchev–Trinajstić information content (AvgIpc) is 3.67. The molecule has 4 rings (SSSR count). The van der Waals surface area contributed by atoms with Gasteiger partial charge in [0.1, 0.15) is 23.9 Å². The zero-order valence-electron chi connectivity index (χ0n) is 31.1. The topological polar surface area (TPSA) is 165 Å². The Morgan fingerprint density at radius 1 is 1.04 bits per heavy atom. The second-order valence-electron chi connectivity index (χ2n) is 15.0. The van der Waals surface area contributed by atoms with Crippen LogP contribution in [-0.2, 0) is 28.8 Å². The molecule has 2 heterocycles. The molecule has 2 aliphatic heterocycles. The second kappa shape index (κ2) is 15.8. The van der Waals surface area contributed by atoms with Crippen molar-refractivity contribution in [1.29, 1.82) is 0 Å². The third-order valence-electron chi connectivity index (χ3n) is 9.82. The number of oxime groups is 1. The van der Waals surface area contributed by atoms with E-state index in [1.807, 2.05) is 67.5 Å². The zero-order valence-corrected chi connectivity index (χ0v) is 31.1. The maximum absolute atomic E-state index is 14.5. The SMILES string of the molecule is CCOc1c(C)cc(C2=NO[C@]3(C2)C[C@@H](C(=O)N[C@@H](CC2CC2)C(=O)C(=O)NC)N(C(=O)[C@@H](NC(=O)OC(CC)CC)C(C)(C)C)C3)cc1C. The molecule has 3 aliphatic rings. The molecule has 3 N–H and O–H groups in total. The van der Waals surface area contributed by atoms with Gasteiger partial charge in [0, 0.05) is 25.5 Å². The molecule has 1 spiro atoms. The highest BCUT2D eigenvalue weighted by molar-refractivity contribution is 6.38. The van der Waals surface area contributed by atoms with Crippen molar-refractivity contribution in [2.24, 2.45) is 16.5 Å². The molecule has 13 nitrogen and oxygen atoms in total. The Kier molecular flexibility index (Phi) is 12.2. The summed E-state index contributed by atoms with van der Waals surface area (Å²) in [5.41, 5.74) is 1.63. The van der Waals surface area contributed by atoms with Crippen molar-refractivity contribution in [3.63, 3.8) is 0 Å². The highest BCUT2D eigenvalue weighted by Gasteiger charge is 2.56.